The number of amides is 1. The van der Waals surface area contributed by atoms with Gasteiger partial charge in [-0.25, -0.2) is 0 Å². The van der Waals surface area contributed by atoms with E-state index in [4.69, 9.17) is 16.1 Å². The second kappa shape index (κ2) is 5.50. The number of fused-ring (bicyclic) bond motifs is 1. The second-order valence-corrected chi connectivity index (χ2v) is 6.25. The monoisotopic (exact) mass is 308 g/mol. The predicted octanol–water partition coefficient (Wildman–Crippen LogP) is 3.60. The Bertz CT molecular complexity index is 656. The molecule has 1 aromatic heterocycles. The van der Waals surface area contributed by atoms with E-state index in [9.17, 15) is 4.79 Å². The lowest BCUT2D eigenvalue weighted by atomic mass is 10.0. The summed E-state index contributed by atoms with van der Waals surface area (Å²) in [5.41, 5.74) is 1.76. The summed E-state index contributed by atoms with van der Waals surface area (Å²) >= 11 is 7.83. The Balaban J connectivity index is 1.82. The largest absolute Gasteiger partial charge is 0.351 e. The Morgan fingerprint density at radius 1 is 1.50 bits per heavy atom. The van der Waals surface area contributed by atoms with Crippen LogP contribution in [0.25, 0.3) is 0 Å². The van der Waals surface area contributed by atoms with Gasteiger partial charge in [-0.05, 0) is 37.1 Å². The van der Waals surface area contributed by atoms with Crippen molar-refractivity contribution in [2.45, 2.75) is 24.3 Å². The molecule has 0 unspecified atom stereocenters. The second-order valence-electron chi connectivity index (χ2n) is 4.68. The van der Waals surface area contributed by atoms with Crippen LogP contribution < -0.4 is 5.32 Å². The molecular formula is C14H13ClN2O2S. The molecule has 104 valence electrons. The fourth-order valence-electron chi connectivity index (χ4n) is 2.22. The maximum absolute atomic E-state index is 12.1. The molecule has 0 spiro atoms. The third kappa shape index (κ3) is 2.69. The van der Waals surface area contributed by atoms with Crippen LogP contribution in [0.3, 0.4) is 0 Å². The SMILES string of the molecule is Cc1cc(C(=O)N[C@@H]2CCSc3ccc(Cl)cc32)on1. The van der Waals surface area contributed by atoms with Crippen LogP contribution in [0.4, 0.5) is 0 Å². The minimum Gasteiger partial charge on any atom is -0.351 e. The summed E-state index contributed by atoms with van der Waals surface area (Å²) in [5.74, 6) is 0.965. The molecule has 4 nitrogen and oxygen atoms in total. The van der Waals surface area contributed by atoms with Crippen LogP contribution in [0.2, 0.25) is 5.02 Å². The standard InChI is InChI=1S/C14H13ClN2O2S/c1-8-6-12(19-17-8)14(18)16-11-4-5-20-13-3-2-9(15)7-10(11)13/h2-3,6-7,11H,4-5H2,1H3,(H,16,18)/t11-/m1/s1. The highest BCUT2D eigenvalue weighted by atomic mass is 35.5. The van der Waals surface area contributed by atoms with Gasteiger partial charge in [0.1, 0.15) is 0 Å². The van der Waals surface area contributed by atoms with Crippen molar-refractivity contribution in [3.05, 3.63) is 46.3 Å². The summed E-state index contributed by atoms with van der Waals surface area (Å²) in [6.45, 7) is 1.78. The number of aromatic nitrogens is 1. The average Bonchev–Trinajstić information content (AvgIpc) is 2.86. The molecule has 3 rings (SSSR count). The molecule has 0 radical (unpaired) electrons. The van der Waals surface area contributed by atoms with Gasteiger partial charge < -0.3 is 9.84 Å². The Kier molecular flexibility index (Phi) is 3.72. The van der Waals surface area contributed by atoms with E-state index in [0.717, 1.165) is 17.7 Å². The lowest BCUT2D eigenvalue weighted by Gasteiger charge is -2.25. The lowest BCUT2D eigenvalue weighted by molar-refractivity contribution is 0.0897. The van der Waals surface area contributed by atoms with Gasteiger partial charge in [0.2, 0.25) is 5.76 Å². The first kappa shape index (κ1) is 13.5. The van der Waals surface area contributed by atoms with Crippen molar-refractivity contribution >= 4 is 29.3 Å². The van der Waals surface area contributed by atoms with Crippen LogP contribution >= 0.6 is 23.4 Å². The number of hydrogen-bond acceptors (Lipinski definition) is 4. The van der Waals surface area contributed by atoms with Gasteiger partial charge >= 0.3 is 0 Å². The van der Waals surface area contributed by atoms with Gasteiger partial charge in [-0.15, -0.1) is 11.8 Å². The smallest absolute Gasteiger partial charge is 0.290 e. The molecule has 0 bridgehead atoms. The van der Waals surface area contributed by atoms with E-state index in [2.05, 4.69) is 10.5 Å². The van der Waals surface area contributed by atoms with E-state index in [1.807, 2.05) is 18.2 Å². The van der Waals surface area contributed by atoms with Crippen molar-refractivity contribution in [2.75, 3.05) is 5.75 Å². The van der Waals surface area contributed by atoms with Gasteiger partial charge in [0.25, 0.3) is 5.91 Å². The number of halogens is 1. The molecule has 1 amide bonds. The van der Waals surface area contributed by atoms with E-state index in [1.54, 1.807) is 24.8 Å². The lowest BCUT2D eigenvalue weighted by Crippen LogP contribution is -2.30. The Morgan fingerprint density at radius 2 is 2.35 bits per heavy atom. The van der Waals surface area contributed by atoms with Crippen LogP contribution in [0.5, 0.6) is 0 Å². The topological polar surface area (TPSA) is 55.1 Å². The molecule has 0 aliphatic carbocycles. The molecular weight excluding hydrogens is 296 g/mol. The summed E-state index contributed by atoms with van der Waals surface area (Å²) in [5, 5.41) is 7.40. The first-order chi connectivity index (χ1) is 9.63. The predicted molar refractivity (Wildman–Crippen MR) is 78.2 cm³/mol. The van der Waals surface area contributed by atoms with Gasteiger partial charge in [0, 0.05) is 21.7 Å². The van der Waals surface area contributed by atoms with Gasteiger partial charge in [-0.1, -0.05) is 16.8 Å². The highest BCUT2D eigenvalue weighted by Crippen LogP contribution is 2.37. The first-order valence-electron chi connectivity index (χ1n) is 6.30. The maximum atomic E-state index is 12.1. The van der Waals surface area contributed by atoms with Crippen molar-refractivity contribution in [1.82, 2.24) is 10.5 Å². The maximum Gasteiger partial charge on any atom is 0.290 e. The molecule has 6 heteroatoms. The summed E-state index contributed by atoms with van der Waals surface area (Å²) in [7, 11) is 0. The number of carbonyl (C=O) groups excluding carboxylic acids is 1. The number of carbonyl (C=O) groups is 1. The normalized spacial score (nSPS) is 17.6. The number of nitrogens with zero attached hydrogens (tertiary/aromatic N) is 1. The average molecular weight is 309 g/mol. The number of rotatable bonds is 2. The minimum atomic E-state index is -0.242. The number of hydrogen-bond donors (Lipinski definition) is 1. The zero-order valence-corrected chi connectivity index (χ0v) is 12.4. The van der Waals surface area contributed by atoms with Gasteiger partial charge in [0.15, 0.2) is 0 Å². The fraction of sp³-hybridized carbons (Fsp3) is 0.286. The zero-order chi connectivity index (χ0) is 14.1. The van der Waals surface area contributed by atoms with Gasteiger partial charge in [-0.3, -0.25) is 4.79 Å². The molecule has 1 atom stereocenters. The number of benzene rings is 1. The molecule has 1 N–H and O–H groups in total. The Hall–Kier alpha value is -1.46. The van der Waals surface area contributed by atoms with Crippen LogP contribution in [0.15, 0.2) is 33.7 Å². The molecule has 2 heterocycles. The number of thioether (sulfide) groups is 1. The first-order valence-corrected chi connectivity index (χ1v) is 7.66. The third-order valence-corrected chi connectivity index (χ3v) is 4.53. The van der Waals surface area contributed by atoms with Crippen molar-refractivity contribution in [1.29, 1.82) is 0 Å². The van der Waals surface area contributed by atoms with E-state index >= 15 is 0 Å². The molecule has 2 aromatic rings. The molecule has 1 aromatic carbocycles. The molecule has 20 heavy (non-hydrogen) atoms. The Labute approximate surface area is 125 Å². The van der Waals surface area contributed by atoms with Crippen LogP contribution in [-0.2, 0) is 0 Å². The highest BCUT2D eigenvalue weighted by Gasteiger charge is 2.24. The van der Waals surface area contributed by atoms with Gasteiger partial charge in [0.05, 0.1) is 11.7 Å². The van der Waals surface area contributed by atoms with E-state index in [-0.39, 0.29) is 17.7 Å². The van der Waals surface area contributed by atoms with Crippen molar-refractivity contribution in [2.24, 2.45) is 0 Å². The summed E-state index contributed by atoms with van der Waals surface area (Å²) in [6.07, 6.45) is 0.872. The van der Waals surface area contributed by atoms with Crippen LogP contribution in [0.1, 0.15) is 34.3 Å². The van der Waals surface area contributed by atoms with Crippen LogP contribution in [0, 0.1) is 6.92 Å². The summed E-state index contributed by atoms with van der Waals surface area (Å²) in [4.78, 5) is 13.3. The van der Waals surface area contributed by atoms with Crippen molar-refractivity contribution in [3.8, 4) is 0 Å². The van der Waals surface area contributed by atoms with Crippen LogP contribution in [-0.4, -0.2) is 16.8 Å². The fourth-order valence-corrected chi connectivity index (χ4v) is 3.50. The quantitative estimate of drug-likeness (QED) is 0.921. The molecule has 1 aliphatic heterocycles. The summed E-state index contributed by atoms with van der Waals surface area (Å²) in [6, 6.07) is 7.38. The molecule has 0 fully saturated rings. The van der Waals surface area contributed by atoms with Crippen molar-refractivity contribution < 1.29 is 9.32 Å². The zero-order valence-electron chi connectivity index (χ0n) is 10.9. The molecule has 0 saturated carbocycles. The number of aryl methyl sites for hydroxylation is 1. The van der Waals surface area contributed by atoms with E-state index in [0.29, 0.717) is 10.7 Å². The summed E-state index contributed by atoms with van der Waals surface area (Å²) < 4.78 is 4.99. The third-order valence-electron chi connectivity index (χ3n) is 3.17. The molecule has 1 aliphatic rings. The highest BCUT2D eigenvalue weighted by molar-refractivity contribution is 7.99. The number of nitrogens with one attached hydrogen (secondary N) is 1. The van der Waals surface area contributed by atoms with E-state index in [1.165, 1.54) is 4.90 Å². The van der Waals surface area contributed by atoms with Crippen molar-refractivity contribution in [3.63, 3.8) is 0 Å². The Morgan fingerprint density at radius 3 is 3.10 bits per heavy atom. The van der Waals surface area contributed by atoms with Gasteiger partial charge in [-0.2, -0.15) is 0 Å². The molecule has 0 saturated heterocycles. The minimum absolute atomic E-state index is 0.0390. The van der Waals surface area contributed by atoms with E-state index < -0.39 is 0 Å².